The number of nitrogens with zero attached hydrogens (tertiary/aromatic N) is 2. The quantitative estimate of drug-likeness (QED) is 0.407. The number of ether oxygens (including phenoxy) is 3. The molecule has 1 atom stereocenters. The summed E-state index contributed by atoms with van der Waals surface area (Å²) in [6, 6.07) is 10.8. The molecule has 2 heterocycles. The number of rotatable bonds is 7. The van der Waals surface area contributed by atoms with Gasteiger partial charge in [-0.2, -0.15) is 0 Å². The lowest BCUT2D eigenvalue weighted by Gasteiger charge is -2.14. The third-order valence-corrected chi connectivity index (χ3v) is 5.95. The Hall–Kier alpha value is -2.97. The number of hydrogen-bond acceptors (Lipinski definition) is 7. The highest BCUT2D eigenvalue weighted by Gasteiger charge is 2.27. The van der Waals surface area contributed by atoms with Crippen LogP contribution in [0.5, 0.6) is 17.2 Å². The third kappa shape index (κ3) is 4.61. The standard InChI is InChI=1S/C23H22ClN3O4S/c1-29-15-4-5-20(30-2)17(11-15)22(28)26-12-16-9-14-8-13(10-18(24)21(14)31-16)19-6-7-25-23(27-19)32-3/h4-8,10-11,16H,9,12H2,1-3H3,(H,26,28). The maximum atomic E-state index is 12.7. The zero-order valence-electron chi connectivity index (χ0n) is 17.8. The zero-order valence-corrected chi connectivity index (χ0v) is 19.4. The fraction of sp³-hybridized carbons (Fsp3) is 0.261. The minimum atomic E-state index is -0.266. The smallest absolute Gasteiger partial charge is 0.255 e. The van der Waals surface area contributed by atoms with Gasteiger partial charge in [0.05, 0.1) is 37.0 Å². The van der Waals surface area contributed by atoms with E-state index in [9.17, 15) is 4.79 Å². The predicted octanol–water partition coefficient (Wildman–Crippen LogP) is 4.27. The lowest BCUT2D eigenvalue weighted by molar-refractivity contribution is 0.0930. The van der Waals surface area contributed by atoms with Gasteiger partial charge < -0.3 is 19.5 Å². The van der Waals surface area contributed by atoms with Crippen molar-refractivity contribution in [3.8, 4) is 28.5 Å². The van der Waals surface area contributed by atoms with E-state index in [1.165, 1.54) is 18.9 Å². The summed E-state index contributed by atoms with van der Waals surface area (Å²) in [6.07, 6.45) is 4.06. The maximum Gasteiger partial charge on any atom is 0.255 e. The molecule has 1 aromatic heterocycles. The van der Waals surface area contributed by atoms with Gasteiger partial charge in [-0.1, -0.05) is 23.4 Å². The number of thioether (sulfide) groups is 1. The summed E-state index contributed by atoms with van der Waals surface area (Å²) in [4.78, 5) is 21.5. The van der Waals surface area contributed by atoms with E-state index in [-0.39, 0.29) is 12.0 Å². The summed E-state index contributed by atoms with van der Waals surface area (Å²) in [6.45, 7) is 0.323. The van der Waals surface area contributed by atoms with Gasteiger partial charge in [0, 0.05) is 23.7 Å². The number of carbonyl (C=O) groups excluding carboxylic acids is 1. The normalized spacial score (nSPS) is 14.4. The Labute approximate surface area is 195 Å². The Kier molecular flexibility index (Phi) is 6.72. The maximum absolute atomic E-state index is 12.7. The average Bonchev–Trinajstić information content (AvgIpc) is 3.25. The molecule has 1 unspecified atom stereocenters. The number of methoxy groups -OCH3 is 2. The van der Waals surface area contributed by atoms with E-state index in [1.54, 1.807) is 31.5 Å². The molecule has 0 spiro atoms. The zero-order chi connectivity index (χ0) is 22.7. The predicted molar refractivity (Wildman–Crippen MR) is 124 cm³/mol. The summed E-state index contributed by atoms with van der Waals surface area (Å²) in [5, 5.41) is 4.13. The summed E-state index contributed by atoms with van der Waals surface area (Å²) < 4.78 is 16.5. The van der Waals surface area contributed by atoms with Gasteiger partial charge in [0.25, 0.3) is 5.91 Å². The fourth-order valence-electron chi connectivity index (χ4n) is 3.54. The Morgan fingerprint density at radius 2 is 2.09 bits per heavy atom. The molecule has 0 bridgehead atoms. The molecular formula is C23H22ClN3O4S. The number of aromatic nitrogens is 2. The molecule has 166 valence electrons. The highest BCUT2D eigenvalue weighted by atomic mass is 35.5. The molecule has 4 rings (SSSR count). The number of amides is 1. The van der Waals surface area contributed by atoms with E-state index in [2.05, 4.69) is 15.3 Å². The number of hydrogen-bond donors (Lipinski definition) is 1. The van der Waals surface area contributed by atoms with Crippen LogP contribution in [-0.4, -0.2) is 49.0 Å². The van der Waals surface area contributed by atoms with E-state index < -0.39 is 0 Å². The van der Waals surface area contributed by atoms with E-state index >= 15 is 0 Å². The Bertz CT molecular complexity index is 1160. The number of benzene rings is 2. The van der Waals surface area contributed by atoms with E-state index in [1.807, 2.05) is 24.5 Å². The van der Waals surface area contributed by atoms with Gasteiger partial charge in [-0.3, -0.25) is 4.79 Å². The topological polar surface area (TPSA) is 82.6 Å². The summed E-state index contributed by atoms with van der Waals surface area (Å²) in [7, 11) is 3.07. The van der Waals surface area contributed by atoms with Gasteiger partial charge >= 0.3 is 0 Å². The lowest BCUT2D eigenvalue weighted by atomic mass is 10.0. The molecule has 2 aromatic carbocycles. The van der Waals surface area contributed by atoms with Crippen molar-refractivity contribution in [2.24, 2.45) is 0 Å². The van der Waals surface area contributed by atoms with Crippen LogP contribution in [0, 0.1) is 0 Å². The first-order valence-electron chi connectivity index (χ1n) is 9.89. The average molecular weight is 472 g/mol. The molecule has 1 amide bonds. The van der Waals surface area contributed by atoms with Crippen LogP contribution in [0.2, 0.25) is 5.02 Å². The van der Waals surface area contributed by atoms with Crippen LogP contribution < -0.4 is 19.5 Å². The Morgan fingerprint density at radius 3 is 2.84 bits per heavy atom. The molecule has 1 aliphatic rings. The van der Waals surface area contributed by atoms with Gasteiger partial charge in [0.1, 0.15) is 23.4 Å². The fourth-order valence-corrected chi connectivity index (χ4v) is 4.18. The second-order valence-corrected chi connectivity index (χ2v) is 8.28. The summed E-state index contributed by atoms with van der Waals surface area (Å²) in [5.74, 6) is 1.43. The van der Waals surface area contributed by atoms with Crippen molar-refractivity contribution in [2.45, 2.75) is 17.7 Å². The van der Waals surface area contributed by atoms with Gasteiger partial charge in [0.2, 0.25) is 0 Å². The van der Waals surface area contributed by atoms with E-state index in [0.29, 0.717) is 46.0 Å². The molecule has 0 saturated heterocycles. The third-order valence-electron chi connectivity index (χ3n) is 5.11. The van der Waals surface area contributed by atoms with Crippen LogP contribution >= 0.6 is 23.4 Å². The van der Waals surface area contributed by atoms with Crippen LogP contribution in [0.25, 0.3) is 11.3 Å². The van der Waals surface area contributed by atoms with Crippen molar-refractivity contribution in [2.75, 3.05) is 27.0 Å². The largest absolute Gasteiger partial charge is 0.497 e. The van der Waals surface area contributed by atoms with Crippen molar-refractivity contribution < 1.29 is 19.0 Å². The van der Waals surface area contributed by atoms with Crippen LogP contribution in [0.1, 0.15) is 15.9 Å². The second-order valence-electron chi connectivity index (χ2n) is 7.10. The van der Waals surface area contributed by atoms with E-state index in [4.69, 9.17) is 25.8 Å². The monoisotopic (exact) mass is 471 g/mol. The van der Waals surface area contributed by atoms with E-state index in [0.717, 1.165) is 16.8 Å². The number of nitrogens with one attached hydrogen (secondary N) is 1. The van der Waals surface area contributed by atoms with Crippen molar-refractivity contribution in [1.82, 2.24) is 15.3 Å². The highest BCUT2D eigenvalue weighted by Crippen LogP contribution is 2.39. The first kappa shape index (κ1) is 22.2. The number of halogens is 1. The molecule has 3 aromatic rings. The van der Waals surface area contributed by atoms with Crippen molar-refractivity contribution in [3.05, 3.63) is 58.7 Å². The van der Waals surface area contributed by atoms with Gasteiger partial charge in [0.15, 0.2) is 5.16 Å². The number of fused-ring (bicyclic) bond motifs is 1. The molecule has 0 fully saturated rings. The van der Waals surface area contributed by atoms with Crippen molar-refractivity contribution in [1.29, 1.82) is 0 Å². The molecule has 32 heavy (non-hydrogen) atoms. The summed E-state index contributed by atoms with van der Waals surface area (Å²) >= 11 is 7.99. The first-order valence-corrected chi connectivity index (χ1v) is 11.5. The SMILES string of the molecule is COc1ccc(OC)c(C(=O)NCC2Cc3cc(-c4ccnc(SC)n4)cc(Cl)c3O2)c1. The number of carbonyl (C=O) groups is 1. The van der Waals surface area contributed by atoms with Crippen molar-refractivity contribution >= 4 is 29.3 Å². The van der Waals surface area contributed by atoms with Gasteiger partial charge in [-0.15, -0.1) is 0 Å². The molecule has 0 saturated carbocycles. The van der Waals surface area contributed by atoms with Crippen molar-refractivity contribution in [3.63, 3.8) is 0 Å². The lowest BCUT2D eigenvalue weighted by Crippen LogP contribution is -2.34. The van der Waals surface area contributed by atoms with Crippen LogP contribution in [0.3, 0.4) is 0 Å². The minimum Gasteiger partial charge on any atom is -0.497 e. The molecule has 7 nitrogen and oxygen atoms in total. The van der Waals surface area contributed by atoms with Crippen LogP contribution in [0.15, 0.2) is 47.8 Å². The molecule has 1 N–H and O–H groups in total. The Balaban J connectivity index is 1.47. The van der Waals surface area contributed by atoms with Crippen LogP contribution in [0.4, 0.5) is 0 Å². The summed E-state index contributed by atoms with van der Waals surface area (Å²) in [5.41, 5.74) is 3.09. The van der Waals surface area contributed by atoms with Crippen LogP contribution in [-0.2, 0) is 6.42 Å². The molecular weight excluding hydrogens is 450 g/mol. The molecule has 0 radical (unpaired) electrons. The van der Waals surface area contributed by atoms with Gasteiger partial charge in [-0.25, -0.2) is 9.97 Å². The Morgan fingerprint density at radius 1 is 1.25 bits per heavy atom. The second kappa shape index (κ2) is 9.67. The van der Waals surface area contributed by atoms with Gasteiger partial charge in [-0.05, 0) is 42.7 Å². The molecule has 0 aliphatic carbocycles. The molecule has 1 aliphatic heterocycles. The highest BCUT2D eigenvalue weighted by molar-refractivity contribution is 7.98. The molecule has 9 heteroatoms. The first-order chi connectivity index (χ1) is 15.5. The minimum absolute atomic E-state index is 0.231.